The van der Waals surface area contributed by atoms with Crippen LogP contribution in [0.25, 0.3) is 0 Å². The lowest BCUT2D eigenvalue weighted by molar-refractivity contribution is 0.276. The summed E-state index contributed by atoms with van der Waals surface area (Å²) in [5, 5.41) is 16.7. The summed E-state index contributed by atoms with van der Waals surface area (Å²) in [6.07, 6.45) is 0. The molecule has 5 nitrogen and oxygen atoms in total. The summed E-state index contributed by atoms with van der Waals surface area (Å²) >= 11 is 3.37. The molecule has 16 heavy (non-hydrogen) atoms. The molecule has 0 atom stereocenters. The van der Waals surface area contributed by atoms with Crippen LogP contribution in [0.4, 0.5) is 5.69 Å². The van der Waals surface area contributed by atoms with E-state index in [2.05, 4.69) is 31.7 Å². The molecule has 84 valence electrons. The van der Waals surface area contributed by atoms with Crippen LogP contribution in [0.15, 0.2) is 28.7 Å². The zero-order valence-corrected chi connectivity index (χ0v) is 10.3. The van der Waals surface area contributed by atoms with E-state index in [9.17, 15) is 0 Å². The SMILES string of the molecule is Cc1c(CO)nnn1Nc1ccc(Br)cc1. The molecule has 0 aliphatic rings. The molecule has 2 rings (SSSR count). The Morgan fingerprint density at radius 1 is 1.38 bits per heavy atom. The quantitative estimate of drug-likeness (QED) is 0.900. The van der Waals surface area contributed by atoms with Crippen molar-refractivity contribution in [3.63, 3.8) is 0 Å². The van der Waals surface area contributed by atoms with Crippen LogP contribution in [0.5, 0.6) is 0 Å². The topological polar surface area (TPSA) is 63.0 Å². The number of aromatic nitrogens is 3. The first-order valence-electron chi connectivity index (χ1n) is 4.75. The van der Waals surface area contributed by atoms with Crippen molar-refractivity contribution in [2.24, 2.45) is 0 Å². The largest absolute Gasteiger partial charge is 0.390 e. The van der Waals surface area contributed by atoms with Gasteiger partial charge in [0, 0.05) is 4.47 Å². The lowest BCUT2D eigenvalue weighted by Gasteiger charge is -2.07. The van der Waals surface area contributed by atoms with Crippen molar-refractivity contribution in [1.29, 1.82) is 0 Å². The van der Waals surface area contributed by atoms with Crippen molar-refractivity contribution in [3.05, 3.63) is 40.1 Å². The average molecular weight is 283 g/mol. The monoisotopic (exact) mass is 282 g/mol. The Morgan fingerprint density at radius 2 is 2.06 bits per heavy atom. The van der Waals surface area contributed by atoms with Gasteiger partial charge in [0.25, 0.3) is 0 Å². The van der Waals surface area contributed by atoms with Gasteiger partial charge in [-0.25, -0.2) is 0 Å². The van der Waals surface area contributed by atoms with Crippen LogP contribution in [-0.4, -0.2) is 20.2 Å². The smallest absolute Gasteiger partial charge is 0.113 e. The molecule has 0 radical (unpaired) electrons. The predicted molar refractivity (Wildman–Crippen MR) is 63.8 cm³/mol. The molecular weight excluding hydrogens is 272 g/mol. The molecule has 0 aliphatic carbocycles. The van der Waals surface area contributed by atoms with E-state index >= 15 is 0 Å². The molecule has 2 aromatic rings. The van der Waals surface area contributed by atoms with Crippen LogP contribution in [0, 0.1) is 6.92 Å². The Bertz CT molecular complexity index is 480. The summed E-state index contributed by atoms with van der Waals surface area (Å²) in [7, 11) is 0. The number of benzene rings is 1. The van der Waals surface area contributed by atoms with E-state index in [1.165, 1.54) is 4.79 Å². The van der Waals surface area contributed by atoms with Gasteiger partial charge in [-0.3, -0.25) is 5.43 Å². The molecule has 2 N–H and O–H groups in total. The fourth-order valence-electron chi connectivity index (χ4n) is 1.26. The Hall–Kier alpha value is -1.40. The first-order chi connectivity index (χ1) is 7.70. The lowest BCUT2D eigenvalue weighted by Crippen LogP contribution is -2.12. The second-order valence-electron chi connectivity index (χ2n) is 3.31. The van der Waals surface area contributed by atoms with Gasteiger partial charge in [0.2, 0.25) is 0 Å². The summed E-state index contributed by atoms with van der Waals surface area (Å²) in [5.74, 6) is 0. The van der Waals surface area contributed by atoms with Gasteiger partial charge < -0.3 is 5.11 Å². The highest BCUT2D eigenvalue weighted by atomic mass is 79.9. The molecule has 0 amide bonds. The van der Waals surface area contributed by atoms with E-state index in [-0.39, 0.29) is 6.61 Å². The van der Waals surface area contributed by atoms with Crippen LogP contribution in [-0.2, 0) is 6.61 Å². The number of halogens is 1. The number of hydrogen-bond acceptors (Lipinski definition) is 4. The molecule has 1 aromatic carbocycles. The third-order valence-electron chi connectivity index (χ3n) is 2.22. The number of rotatable bonds is 3. The van der Waals surface area contributed by atoms with Gasteiger partial charge in [0.15, 0.2) is 0 Å². The van der Waals surface area contributed by atoms with Crippen molar-refractivity contribution in [2.45, 2.75) is 13.5 Å². The van der Waals surface area contributed by atoms with Gasteiger partial charge in [-0.2, -0.15) is 4.79 Å². The molecule has 1 heterocycles. The third kappa shape index (κ3) is 2.23. The molecule has 0 saturated carbocycles. The van der Waals surface area contributed by atoms with Gasteiger partial charge in [0.1, 0.15) is 5.69 Å². The van der Waals surface area contributed by atoms with E-state index in [0.29, 0.717) is 5.69 Å². The molecule has 0 spiro atoms. The molecule has 6 heteroatoms. The van der Waals surface area contributed by atoms with Crippen LogP contribution >= 0.6 is 15.9 Å². The highest BCUT2D eigenvalue weighted by molar-refractivity contribution is 9.10. The summed E-state index contributed by atoms with van der Waals surface area (Å²) in [5.41, 5.74) is 5.34. The average Bonchev–Trinajstić information content (AvgIpc) is 2.63. The van der Waals surface area contributed by atoms with Crippen molar-refractivity contribution < 1.29 is 5.11 Å². The maximum atomic E-state index is 8.98. The second kappa shape index (κ2) is 4.63. The van der Waals surface area contributed by atoms with E-state index < -0.39 is 0 Å². The second-order valence-corrected chi connectivity index (χ2v) is 4.23. The number of anilines is 1. The van der Waals surface area contributed by atoms with Crippen molar-refractivity contribution in [2.75, 3.05) is 5.43 Å². The van der Waals surface area contributed by atoms with Crippen LogP contribution in [0.3, 0.4) is 0 Å². The highest BCUT2D eigenvalue weighted by Crippen LogP contribution is 2.14. The fraction of sp³-hybridized carbons (Fsp3) is 0.200. The van der Waals surface area contributed by atoms with Crippen molar-refractivity contribution in [1.82, 2.24) is 15.1 Å². The van der Waals surface area contributed by atoms with Crippen LogP contribution in [0.2, 0.25) is 0 Å². The molecular formula is C10H11BrN4O. The maximum Gasteiger partial charge on any atom is 0.113 e. The lowest BCUT2D eigenvalue weighted by atomic mass is 10.3. The van der Waals surface area contributed by atoms with Crippen molar-refractivity contribution in [3.8, 4) is 0 Å². The summed E-state index contributed by atoms with van der Waals surface area (Å²) in [6.45, 7) is 1.74. The Morgan fingerprint density at radius 3 is 2.62 bits per heavy atom. The van der Waals surface area contributed by atoms with Gasteiger partial charge in [-0.15, -0.1) is 5.10 Å². The minimum atomic E-state index is -0.103. The number of aliphatic hydroxyl groups excluding tert-OH is 1. The third-order valence-corrected chi connectivity index (χ3v) is 2.75. The Balaban J connectivity index is 2.20. The standard InChI is InChI=1S/C10H11BrN4O/c1-7-10(6-16)12-14-15(7)13-9-4-2-8(11)3-5-9/h2-5,13,16H,6H2,1H3. The zero-order valence-electron chi connectivity index (χ0n) is 8.68. The van der Waals surface area contributed by atoms with E-state index in [4.69, 9.17) is 5.11 Å². The van der Waals surface area contributed by atoms with Crippen LogP contribution in [0.1, 0.15) is 11.4 Å². The normalized spacial score (nSPS) is 10.4. The molecule has 0 unspecified atom stereocenters. The predicted octanol–water partition coefficient (Wildman–Crippen LogP) is 1.72. The van der Waals surface area contributed by atoms with E-state index in [1.54, 1.807) is 0 Å². The molecule has 1 aromatic heterocycles. The summed E-state index contributed by atoms with van der Waals surface area (Å²) < 4.78 is 1.02. The van der Waals surface area contributed by atoms with Gasteiger partial charge in [0.05, 0.1) is 18.0 Å². The number of nitrogens with zero attached hydrogens (tertiary/aromatic N) is 3. The minimum Gasteiger partial charge on any atom is -0.390 e. The Kier molecular flexibility index (Phi) is 3.21. The fourth-order valence-corrected chi connectivity index (χ4v) is 1.52. The Labute approximate surface area is 101 Å². The molecule has 0 saturated heterocycles. The van der Waals surface area contributed by atoms with Crippen molar-refractivity contribution >= 4 is 21.6 Å². The molecule has 0 aliphatic heterocycles. The van der Waals surface area contributed by atoms with Gasteiger partial charge in [-0.1, -0.05) is 15.9 Å². The summed E-state index contributed by atoms with van der Waals surface area (Å²) in [4.78, 5) is 1.54. The first kappa shape index (κ1) is 11.1. The molecule has 0 bridgehead atoms. The number of nitrogens with one attached hydrogen (secondary N) is 1. The number of aliphatic hydroxyl groups is 1. The highest BCUT2D eigenvalue weighted by Gasteiger charge is 2.06. The minimum absolute atomic E-state index is 0.103. The van der Waals surface area contributed by atoms with Gasteiger partial charge in [-0.05, 0) is 36.4 Å². The zero-order chi connectivity index (χ0) is 11.5. The summed E-state index contributed by atoms with van der Waals surface area (Å²) in [6, 6.07) is 7.71. The van der Waals surface area contributed by atoms with E-state index in [0.717, 1.165) is 15.9 Å². The van der Waals surface area contributed by atoms with Crippen LogP contribution < -0.4 is 5.43 Å². The van der Waals surface area contributed by atoms with E-state index in [1.807, 2.05) is 31.2 Å². The van der Waals surface area contributed by atoms with Gasteiger partial charge >= 0.3 is 0 Å². The molecule has 0 fully saturated rings. The number of hydrogen-bond donors (Lipinski definition) is 2. The maximum absolute atomic E-state index is 8.98. The first-order valence-corrected chi connectivity index (χ1v) is 5.54.